The molecule has 0 fully saturated rings. The molecule has 1 aromatic carbocycles. The summed E-state index contributed by atoms with van der Waals surface area (Å²) < 4.78 is 18.2. The maximum absolute atomic E-state index is 12.0. The third kappa shape index (κ3) is 15.8. The number of aldehydes is 1. The average Bonchev–Trinajstić information content (AvgIpc) is 2.87. The second-order valence-electron chi connectivity index (χ2n) is 9.80. The normalized spacial score (nSPS) is 10.9. The van der Waals surface area contributed by atoms with E-state index in [1.165, 1.54) is 83.5 Å². The molecule has 0 radical (unpaired) electrons. The average molecular weight is 491 g/mol. The summed E-state index contributed by atoms with van der Waals surface area (Å²) in [5.74, 6) is 1.92. The van der Waals surface area contributed by atoms with Crippen molar-refractivity contribution in [3.8, 4) is 17.2 Å². The van der Waals surface area contributed by atoms with Gasteiger partial charge in [0.15, 0.2) is 6.29 Å². The monoisotopic (exact) mass is 490 g/mol. The van der Waals surface area contributed by atoms with Gasteiger partial charge in [0.05, 0.1) is 25.4 Å². The Morgan fingerprint density at radius 1 is 0.514 bits per heavy atom. The Bertz CT molecular complexity index is 589. The number of hydrogen-bond acceptors (Lipinski definition) is 4. The van der Waals surface area contributed by atoms with E-state index in [0.29, 0.717) is 36.9 Å². The summed E-state index contributed by atoms with van der Waals surface area (Å²) in [5, 5.41) is 0. The molecule has 0 spiro atoms. The molecule has 4 heteroatoms. The Morgan fingerprint density at radius 3 is 1.23 bits per heavy atom. The fraction of sp³-hybridized carbons (Fsp3) is 0.774. The van der Waals surface area contributed by atoms with Crippen molar-refractivity contribution in [2.75, 3.05) is 19.8 Å². The molecule has 35 heavy (non-hydrogen) atoms. The number of hydrogen-bond donors (Lipinski definition) is 0. The molecule has 1 rings (SSSR count). The zero-order chi connectivity index (χ0) is 25.4. The summed E-state index contributed by atoms with van der Waals surface area (Å²) in [7, 11) is 0. The van der Waals surface area contributed by atoms with Crippen molar-refractivity contribution in [1.82, 2.24) is 0 Å². The molecule has 0 aliphatic carbocycles. The molecule has 4 nitrogen and oxygen atoms in total. The topological polar surface area (TPSA) is 44.8 Å². The van der Waals surface area contributed by atoms with Crippen molar-refractivity contribution in [2.24, 2.45) is 0 Å². The largest absolute Gasteiger partial charge is 0.493 e. The van der Waals surface area contributed by atoms with Crippen molar-refractivity contribution >= 4 is 6.29 Å². The van der Waals surface area contributed by atoms with Crippen molar-refractivity contribution < 1.29 is 19.0 Å². The zero-order valence-corrected chi connectivity index (χ0v) is 23.2. The van der Waals surface area contributed by atoms with Gasteiger partial charge in [-0.15, -0.1) is 0 Å². The third-order valence-corrected chi connectivity index (χ3v) is 6.47. The van der Waals surface area contributed by atoms with Crippen LogP contribution in [0.4, 0.5) is 0 Å². The molecule has 0 aliphatic heterocycles. The van der Waals surface area contributed by atoms with Crippen LogP contribution < -0.4 is 14.2 Å². The fourth-order valence-corrected chi connectivity index (χ4v) is 4.22. The smallest absolute Gasteiger partial charge is 0.157 e. The highest BCUT2D eigenvalue weighted by Crippen LogP contribution is 2.34. The molecule has 0 N–H and O–H groups in total. The number of benzene rings is 1. The number of ether oxygens (including phenoxy) is 3. The van der Waals surface area contributed by atoms with Crippen LogP contribution in [0.15, 0.2) is 12.1 Å². The second-order valence-corrected chi connectivity index (χ2v) is 9.80. The minimum absolute atomic E-state index is 0.508. The molecule has 0 aromatic heterocycles. The summed E-state index contributed by atoms with van der Waals surface area (Å²) in [5.41, 5.74) is 0.508. The minimum atomic E-state index is 0.508. The van der Waals surface area contributed by atoms with Gasteiger partial charge in [0, 0.05) is 12.1 Å². The first-order chi connectivity index (χ1) is 17.3. The summed E-state index contributed by atoms with van der Waals surface area (Å²) in [6.07, 6.45) is 22.7. The first-order valence-corrected chi connectivity index (χ1v) is 14.8. The molecule has 0 bridgehead atoms. The van der Waals surface area contributed by atoms with Crippen LogP contribution >= 0.6 is 0 Å². The van der Waals surface area contributed by atoms with E-state index in [9.17, 15) is 4.79 Å². The Hall–Kier alpha value is -1.71. The lowest BCUT2D eigenvalue weighted by molar-refractivity contribution is 0.111. The molecule has 0 unspecified atom stereocenters. The van der Waals surface area contributed by atoms with Crippen LogP contribution in [0.25, 0.3) is 0 Å². The minimum Gasteiger partial charge on any atom is -0.493 e. The van der Waals surface area contributed by atoms with Gasteiger partial charge < -0.3 is 14.2 Å². The molecule has 0 saturated heterocycles. The van der Waals surface area contributed by atoms with Crippen LogP contribution in [0.3, 0.4) is 0 Å². The predicted octanol–water partition coefficient (Wildman–Crippen LogP) is 9.72. The Morgan fingerprint density at radius 2 is 0.857 bits per heavy atom. The maximum atomic E-state index is 12.0. The van der Waals surface area contributed by atoms with Gasteiger partial charge >= 0.3 is 0 Å². The summed E-state index contributed by atoms with van der Waals surface area (Å²) in [4.78, 5) is 12.0. The van der Waals surface area contributed by atoms with Gasteiger partial charge in [-0.3, -0.25) is 4.79 Å². The van der Waals surface area contributed by atoms with Gasteiger partial charge in [-0.05, 0) is 19.3 Å². The fourth-order valence-electron chi connectivity index (χ4n) is 4.22. The summed E-state index contributed by atoms with van der Waals surface area (Å²) in [6.45, 7) is 8.62. The van der Waals surface area contributed by atoms with Gasteiger partial charge in [0.1, 0.15) is 17.2 Å². The van der Waals surface area contributed by atoms with E-state index >= 15 is 0 Å². The van der Waals surface area contributed by atoms with Gasteiger partial charge in [-0.2, -0.15) is 0 Å². The molecule has 0 heterocycles. The third-order valence-electron chi connectivity index (χ3n) is 6.47. The Balaban J connectivity index is 2.65. The van der Waals surface area contributed by atoms with Crippen LogP contribution in [0, 0.1) is 0 Å². The number of carbonyl (C=O) groups is 1. The summed E-state index contributed by atoms with van der Waals surface area (Å²) in [6, 6.07) is 3.74. The van der Waals surface area contributed by atoms with E-state index in [4.69, 9.17) is 14.2 Å². The highest BCUT2D eigenvalue weighted by Gasteiger charge is 2.14. The number of carbonyl (C=O) groups excluding carboxylic acids is 1. The van der Waals surface area contributed by atoms with Gasteiger partial charge in [-0.25, -0.2) is 0 Å². The van der Waals surface area contributed by atoms with Gasteiger partial charge in [0.2, 0.25) is 0 Å². The highest BCUT2D eigenvalue weighted by molar-refractivity contribution is 5.84. The molecular weight excluding hydrogens is 436 g/mol. The van der Waals surface area contributed by atoms with Crippen LogP contribution in [-0.4, -0.2) is 26.1 Å². The standard InChI is InChI=1S/C31H54O4/c1-4-7-10-13-16-19-22-33-28-25-30(34-23-20-17-14-11-8-5-2)29(27-32)31(26-28)35-24-21-18-15-12-9-6-3/h25-27H,4-24H2,1-3H3. The van der Waals surface area contributed by atoms with E-state index < -0.39 is 0 Å². The lowest BCUT2D eigenvalue weighted by atomic mass is 10.1. The lowest BCUT2D eigenvalue weighted by Gasteiger charge is -2.16. The molecular formula is C31H54O4. The van der Waals surface area contributed by atoms with Crippen LogP contribution in [0.1, 0.15) is 147 Å². The van der Waals surface area contributed by atoms with Crippen molar-refractivity contribution in [3.63, 3.8) is 0 Å². The molecule has 202 valence electrons. The Labute approximate surface area is 216 Å². The maximum Gasteiger partial charge on any atom is 0.157 e. The zero-order valence-electron chi connectivity index (χ0n) is 23.2. The number of rotatable bonds is 25. The van der Waals surface area contributed by atoms with E-state index in [1.807, 2.05) is 12.1 Å². The van der Waals surface area contributed by atoms with Crippen molar-refractivity contribution in [2.45, 2.75) is 136 Å². The van der Waals surface area contributed by atoms with Crippen molar-refractivity contribution in [3.05, 3.63) is 17.7 Å². The first kappa shape index (κ1) is 31.3. The van der Waals surface area contributed by atoms with Gasteiger partial charge in [0.25, 0.3) is 0 Å². The van der Waals surface area contributed by atoms with E-state index in [0.717, 1.165) is 44.1 Å². The Kier molecular flexibility index (Phi) is 20.3. The van der Waals surface area contributed by atoms with Crippen LogP contribution in [0.5, 0.6) is 17.2 Å². The molecule has 0 amide bonds. The van der Waals surface area contributed by atoms with E-state index in [-0.39, 0.29) is 0 Å². The van der Waals surface area contributed by atoms with Crippen LogP contribution in [0.2, 0.25) is 0 Å². The quantitative estimate of drug-likeness (QED) is 0.101. The van der Waals surface area contributed by atoms with Crippen LogP contribution in [-0.2, 0) is 0 Å². The molecule has 0 saturated carbocycles. The number of unbranched alkanes of at least 4 members (excludes halogenated alkanes) is 15. The van der Waals surface area contributed by atoms with Gasteiger partial charge in [-0.1, -0.05) is 117 Å². The predicted molar refractivity (Wildman–Crippen MR) is 148 cm³/mol. The van der Waals surface area contributed by atoms with E-state index in [1.54, 1.807) is 0 Å². The SMILES string of the molecule is CCCCCCCCOc1cc(OCCCCCCCC)c(C=O)c(OCCCCCCCC)c1. The van der Waals surface area contributed by atoms with Crippen molar-refractivity contribution in [1.29, 1.82) is 0 Å². The molecule has 0 atom stereocenters. The molecule has 1 aromatic rings. The lowest BCUT2D eigenvalue weighted by Crippen LogP contribution is -2.06. The second kappa shape index (κ2) is 22.7. The highest BCUT2D eigenvalue weighted by atomic mass is 16.5. The van der Waals surface area contributed by atoms with E-state index in [2.05, 4.69) is 20.8 Å². The molecule has 0 aliphatic rings. The first-order valence-electron chi connectivity index (χ1n) is 14.8. The summed E-state index contributed by atoms with van der Waals surface area (Å²) >= 11 is 0.